The summed E-state index contributed by atoms with van der Waals surface area (Å²) in [6, 6.07) is 8.18. The fourth-order valence-corrected chi connectivity index (χ4v) is 4.26. The Hall–Kier alpha value is -1.00. The Kier molecular flexibility index (Phi) is 4.03. The number of rotatable bonds is 2. The molecule has 3 unspecified atom stereocenters. The highest BCUT2D eigenvalue weighted by atomic mass is 32.2. The first-order valence-corrected chi connectivity index (χ1v) is 8.61. The number of benzene rings is 1. The second-order valence-corrected chi connectivity index (χ2v) is 6.78. The number of carbonyl (C=O) groups excluding carboxylic acids is 1. The van der Waals surface area contributed by atoms with Crippen molar-refractivity contribution in [2.45, 2.75) is 30.2 Å². The highest BCUT2D eigenvalue weighted by Gasteiger charge is 2.40. The van der Waals surface area contributed by atoms with Gasteiger partial charge in [0.05, 0.1) is 5.56 Å². The van der Waals surface area contributed by atoms with Crippen LogP contribution in [-0.2, 0) is 0 Å². The van der Waals surface area contributed by atoms with Crippen LogP contribution in [0.5, 0.6) is 0 Å². The first-order chi connectivity index (χ1) is 9.70. The standard InChI is InChI=1S/C16H22N2OS/c1-20-15-8-3-2-6-12(15)16(19)18-9-11-5-4-7-14(17)13(11)10-18/h2-3,6,8,11,13-14H,4-5,7,9-10,17H2,1H3. The summed E-state index contributed by atoms with van der Waals surface area (Å²) in [6.07, 6.45) is 5.58. The number of carbonyl (C=O) groups is 1. The van der Waals surface area contributed by atoms with Crippen LogP contribution in [0.1, 0.15) is 29.6 Å². The minimum atomic E-state index is 0.177. The minimum absolute atomic E-state index is 0.177. The van der Waals surface area contributed by atoms with Crippen LogP contribution in [0.4, 0.5) is 0 Å². The molecule has 108 valence electrons. The molecule has 1 aromatic rings. The largest absolute Gasteiger partial charge is 0.338 e. The maximum absolute atomic E-state index is 12.7. The van der Waals surface area contributed by atoms with Crippen LogP contribution < -0.4 is 5.73 Å². The van der Waals surface area contributed by atoms with Crippen molar-refractivity contribution in [2.75, 3.05) is 19.3 Å². The molecule has 0 aromatic heterocycles. The lowest BCUT2D eigenvalue weighted by Gasteiger charge is -2.29. The number of nitrogens with two attached hydrogens (primary N) is 1. The van der Waals surface area contributed by atoms with Crippen molar-refractivity contribution in [3.63, 3.8) is 0 Å². The molecule has 1 aliphatic carbocycles. The highest BCUT2D eigenvalue weighted by molar-refractivity contribution is 7.98. The molecule has 2 fully saturated rings. The summed E-state index contributed by atoms with van der Waals surface area (Å²) in [7, 11) is 0. The molecule has 20 heavy (non-hydrogen) atoms. The Bertz CT molecular complexity index is 505. The van der Waals surface area contributed by atoms with Crippen molar-refractivity contribution in [3.05, 3.63) is 29.8 Å². The molecule has 3 nitrogen and oxygen atoms in total. The molecule has 3 rings (SSSR count). The van der Waals surface area contributed by atoms with Crippen LogP contribution in [0.25, 0.3) is 0 Å². The monoisotopic (exact) mass is 290 g/mol. The number of likely N-dealkylation sites (tertiary alicyclic amines) is 1. The van der Waals surface area contributed by atoms with E-state index in [0.29, 0.717) is 11.8 Å². The molecule has 1 amide bonds. The van der Waals surface area contributed by atoms with Gasteiger partial charge >= 0.3 is 0 Å². The summed E-state index contributed by atoms with van der Waals surface area (Å²) in [4.78, 5) is 15.8. The lowest BCUT2D eigenvalue weighted by atomic mass is 9.78. The van der Waals surface area contributed by atoms with Crippen molar-refractivity contribution >= 4 is 17.7 Å². The van der Waals surface area contributed by atoms with Crippen molar-refractivity contribution in [2.24, 2.45) is 17.6 Å². The minimum Gasteiger partial charge on any atom is -0.338 e. The molecule has 1 aliphatic heterocycles. The molecular formula is C16H22N2OS. The Morgan fingerprint density at radius 1 is 1.30 bits per heavy atom. The number of thioether (sulfide) groups is 1. The summed E-state index contributed by atoms with van der Waals surface area (Å²) >= 11 is 1.64. The molecule has 1 saturated carbocycles. The Labute approximate surface area is 124 Å². The van der Waals surface area contributed by atoms with Crippen LogP contribution in [-0.4, -0.2) is 36.2 Å². The summed E-state index contributed by atoms with van der Waals surface area (Å²) < 4.78 is 0. The first kappa shape index (κ1) is 14.0. The molecule has 3 atom stereocenters. The van der Waals surface area contributed by atoms with Gasteiger partial charge in [0.25, 0.3) is 5.91 Å². The van der Waals surface area contributed by atoms with Gasteiger partial charge in [0.1, 0.15) is 0 Å². The summed E-state index contributed by atoms with van der Waals surface area (Å²) in [6.45, 7) is 1.73. The number of nitrogens with zero attached hydrogens (tertiary/aromatic N) is 1. The highest BCUT2D eigenvalue weighted by Crippen LogP contribution is 2.36. The van der Waals surface area contributed by atoms with Crippen molar-refractivity contribution in [1.82, 2.24) is 4.90 Å². The second kappa shape index (κ2) is 5.78. The maximum atomic E-state index is 12.7. The fraction of sp³-hybridized carbons (Fsp3) is 0.562. The van der Waals surface area contributed by atoms with E-state index in [-0.39, 0.29) is 11.9 Å². The van der Waals surface area contributed by atoms with E-state index in [2.05, 4.69) is 0 Å². The maximum Gasteiger partial charge on any atom is 0.255 e. The first-order valence-electron chi connectivity index (χ1n) is 7.38. The predicted octanol–water partition coefficient (Wildman–Crippen LogP) is 2.61. The quantitative estimate of drug-likeness (QED) is 0.852. The third-order valence-electron chi connectivity index (χ3n) is 4.78. The van der Waals surface area contributed by atoms with Crippen molar-refractivity contribution in [3.8, 4) is 0 Å². The Balaban J connectivity index is 1.78. The van der Waals surface area contributed by atoms with E-state index >= 15 is 0 Å². The average Bonchev–Trinajstić information content (AvgIpc) is 2.92. The fourth-order valence-electron chi connectivity index (χ4n) is 3.67. The van der Waals surface area contributed by atoms with Crippen LogP contribution in [0, 0.1) is 11.8 Å². The van der Waals surface area contributed by atoms with Gasteiger partial charge < -0.3 is 10.6 Å². The summed E-state index contributed by atoms with van der Waals surface area (Å²) in [5.41, 5.74) is 7.07. The Morgan fingerprint density at radius 2 is 2.10 bits per heavy atom. The molecule has 0 spiro atoms. The van der Waals surface area contributed by atoms with E-state index < -0.39 is 0 Å². The van der Waals surface area contributed by atoms with Gasteiger partial charge in [-0.1, -0.05) is 18.6 Å². The number of amides is 1. The van der Waals surface area contributed by atoms with Gasteiger partial charge in [0, 0.05) is 24.0 Å². The number of hydrogen-bond acceptors (Lipinski definition) is 3. The van der Waals surface area contributed by atoms with Crippen LogP contribution in [0.2, 0.25) is 0 Å². The molecule has 0 radical (unpaired) electrons. The van der Waals surface area contributed by atoms with E-state index in [4.69, 9.17) is 5.73 Å². The summed E-state index contributed by atoms with van der Waals surface area (Å²) in [5.74, 6) is 1.30. The molecule has 0 bridgehead atoms. The molecule has 2 aliphatic rings. The Morgan fingerprint density at radius 3 is 2.85 bits per heavy atom. The average molecular weight is 290 g/mol. The lowest BCUT2D eigenvalue weighted by Crippen LogP contribution is -2.38. The van der Waals surface area contributed by atoms with Gasteiger partial charge in [-0.2, -0.15) is 0 Å². The van der Waals surface area contributed by atoms with E-state index in [1.54, 1.807) is 11.8 Å². The zero-order chi connectivity index (χ0) is 14.1. The van der Waals surface area contributed by atoms with Crippen LogP contribution >= 0.6 is 11.8 Å². The third kappa shape index (κ3) is 2.47. The molecule has 1 aromatic carbocycles. The van der Waals surface area contributed by atoms with E-state index in [9.17, 15) is 4.79 Å². The van der Waals surface area contributed by atoms with Gasteiger partial charge in [-0.25, -0.2) is 0 Å². The normalized spacial score (nSPS) is 29.3. The molecule has 1 saturated heterocycles. The van der Waals surface area contributed by atoms with Crippen LogP contribution in [0.15, 0.2) is 29.2 Å². The SMILES string of the molecule is CSc1ccccc1C(=O)N1CC2CCCC(N)C2C1. The third-order valence-corrected chi connectivity index (χ3v) is 5.57. The zero-order valence-electron chi connectivity index (χ0n) is 11.9. The number of hydrogen-bond donors (Lipinski definition) is 1. The van der Waals surface area contributed by atoms with Crippen molar-refractivity contribution in [1.29, 1.82) is 0 Å². The van der Waals surface area contributed by atoms with Gasteiger partial charge in [-0.3, -0.25) is 4.79 Å². The van der Waals surface area contributed by atoms with Gasteiger partial charge in [0.2, 0.25) is 0 Å². The van der Waals surface area contributed by atoms with E-state index in [0.717, 1.165) is 30.0 Å². The van der Waals surface area contributed by atoms with E-state index in [1.807, 2.05) is 35.4 Å². The lowest BCUT2D eigenvalue weighted by molar-refractivity contribution is 0.0780. The molecule has 1 heterocycles. The van der Waals surface area contributed by atoms with Gasteiger partial charge in [-0.15, -0.1) is 11.8 Å². The van der Waals surface area contributed by atoms with E-state index in [1.165, 1.54) is 12.8 Å². The number of fused-ring (bicyclic) bond motifs is 1. The summed E-state index contributed by atoms with van der Waals surface area (Å²) in [5, 5.41) is 0. The van der Waals surface area contributed by atoms with Crippen molar-refractivity contribution < 1.29 is 4.79 Å². The smallest absolute Gasteiger partial charge is 0.255 e. The second-order valence-electron chi connectivity index (χ2n) is 5.93. The predicted molar refractivity (Wildman–Crippen MR) is 82.9 cm³/mol. The van der Waals surface area contributed by atoms with Gasteiger partial charge in [-0.05, 0) is 43.1 Å². The zero-order valence-corrected chi connectivity index (χ0v) is 12.7. The molecule has 4 heteroatoms. The van der Waals surface area contributed by atoms with Crippen LogP contribution in [0.3, 0.4) is 0 Å². The van der Waals surface area contributed by atoms with Gasteiger partial charge in [0.15, 0.2) is 0 Å². The topological polar surface area (TPSA) is 46.3 Å². The molecule has 2 N–H and O–H groups in total. The molecular weight excluding hydrogens is 268 g/mol.